The van der Waals surface area contributed by atoms with Crippen LogP contribution in [0.5, 0.6) is 0 Å². The van der Waals surface area contributed by atoms with Crippen molar-refractivity contribution in [2.24, 2.45) is 11.8 Å². The summed E-state index contributed by atoms with van der Waals surface area (Å²) in [7, 11) is 2.24. The fourth-order valence-electron chi connectivity index (χ4n) is 4.98. The lowest BCUT2D eigenvalue weighted by Crippen LogP contribution is -2.53. The average Bonchev–Trinajstić information content (AvgIpc) is 2.59. The lowest BCUT2D eigenvalue weighted by Gasteiger charge is -2.54. The lowest BCUT2D eigenvalue weighted by atomic mass is 9.65. The predicted octanol–water partition coefficient (Wildman–Crippen LogP) is 4.19. The monoisotopic (exact) mass is 307 g/mol. The average molecular weight is 307 g/mol. The van der Waals surface area contributed by atoms with Gasteiger partial charge in [-0.3, -0.25) is 4.90 Å². The van der Waals surface area contributed by atoms with Crippen LogP contribution in [0.4, 0.5) is 0 Å². The molecule has 1 N–H and O–H groups in total. The molecular formula is C21H25NO. The molecule has 0 amide bonds. The van der Waals surface area contributed by atoms with Gasteiger partial charge in [-0.15, -0.1) is 0 Å². The molecule has 1 saturated heterocycles. The molecular weight excluding hydrogens is 282 g/mol. The van der Waals surface area contributed by atoms with Crippen molar-refractivity contribution in [3.63, 3.8) is 0 Å². The van der Waals surface area contributed by atoms with E-state index in [0.29, 0.717) is 23.9 Å². The smallest absolute Gasteiger partial charge is 0.0633 e. The number of rotatable bonds is 2. The molecule has 1 heterocycles. The number of fused-ring (bicyclic) bond motifs is 2. The maximum Gasteiger partial charge on any atom is 0.0633 e. The van der Waals surface area contributed by atoms with Gasteiger partial charge in [-0.2, -0.15) is 0 Å². The Morgan fingerprint density at radius 3 is 1.65 bits per heavy atom. The predicted molar refractivity (Wildman–Crippen MR) is 93.0 cm³/mol. The number of aliphatic hydroxyl groups is 1. The van der Waals surface area contributed by atoms with Crippen LogP contribution in [0.25, 0.3) is 0 Å². The first-order valence-electron chi connectivity index (χ1n) is 8.77. The van der Waals surface area contributed by atoms with Crippen LogP contribution in [-0.2, 0) is 0 Å². The van der Waals surface area contributed by atoms with E-state index in [1.807, 2.05) is 0 Å². The molecule has 2 heteroatoms. The van der Waals surface area contributed by atoms with Crippen molar-refractivity contribution >= 4 is 0 Å². The van der Waals surface area contributed by atoms with E-state index in [4.69, 9.17) is 0 Å². The van der Waals surface area contributed by atoms with E-state index >= 15 is 0 Å². The number of piperidine rings is 1. The fourth-order valence-corrected chi connectivity index (χ4v) is 4.98. The van der Waals surface area contributed by atoms with Gasteiger partial charge in [-0.25, -0.2) is 0 Å². The summed E-state index contributed by atoms with van der Waals surface area (Å²) in [5.74, 6) is 0.697. The third-order valence-electron chi connectivity index (χ3n) is 5.92. The van der Waals surface area contributed by atoms with Gasteiger partial charge in [-0.05, 0) is 31.0 Å². The van der Waals surface area contributed by atoms with E-state index in [0.717, 1.165) is 12.8 Å². The highest BCUT2D eigenvalue weighted by Crippen LogP contribution is 2.52. The van der Waals surface area contributed by atoms with E-state index in [1.54, 1.807) is 0 Å². The third kappa shape index (κ3) is 2.50. The maximum atomic E-state index is 11.0. The largest absolute Gasteiger partial charge is 0.392 e. The molecule has 1 saturated carbocycles. The van der Waals surface area contributed by atoms with Crippen LogP contribution in [-0.4, -0.2) is 23.2 Å². The fraction of sp³-hybridized carbons (Fsp3) is 0.429. The topological polar surface area (TPSA) is 23.5 Å². The summed E-state index contributed by atoms with van der Waals surface area (Å²) in [5.41, 5.74) is 2.67. The number of likely N-dealkylation sites (tertiary alicyclic amines) is 1. The minimum atomic E-state index is -0.199. The summed E-state index contributed by atoms with van der Waals surface area (Å²) in [6.07, 6.45) is 3.29. The molecule has 2 nitrogen and oxygen atoms in total. The molecule has 2 aromatic rings. The molecule has 120 valence electrons. The van der Waals surface area contributed by atoms with Gasteiger partial charge in [0.25, 0.3) is 0 Å². The molecule has 5 atom stereocenters. The molecule has 2 bridgehead atoms. The summed E-state index contributed by atoms with van der Waals surface area (Å²) >= 11 is 0. The van der Waals surface area contributed by atoms with Crippen LogP contribution in [0.15, 0.2) is 60.7 Å². The molecule has 4 rings (SSSR count). The Kier molecular flexibility index (Phi) is 3.96. The van der Waals surface area contributed by atoms with E-state index in [9.17, 15) is 5.11 Å². The summed E-state index contributed by atoms with van der Waals surface area (Å²) in [5, 5.41) is 11.0. The van der Waals surface area contributed by atoms with Crippen molar-refractivity contribution in [2.75, 3.05) is 7.05 Å². The van der Waals surface area contributed by atoms with Crippen molar-refractivity contribution in [1.29, 1.82) is 0 Å². The van der Waals surface area contributed by atoms with Crippen LogP contribution in [0.1, 0.15) is 42.5 Å². The first-order chi connectivity index (χ1) is 11.3. The van der Waals surface area contributed by atoms with E-state index < -0.39 is 0 Å². The van der Waals surface area contributed by atoms with Crippen LogP contribution >= 0.6 is 0 Å². The van der Waals surface area contributed by atoms with Gasteiger partial charge in [-0.1, -0.05) is 67.1 Å². The second kappa shape index (κ2) is 6.10. The molecule has 2 fully saturated rings. The first-order valence-corrected chi connectivity index (χ1v) is 8.77. The van der Waals surface area contributed by atoms with Gasteiger partial charge in [0, 0.05) is 23.9 Å². The Labute approximate surface area is 138 Å². The van der Waals surface area contributed by atoms with Crippen molar-refractivity contribution in [2.45, 2.75) is 37.5 Å². The Bertz CT molecular complexity index is 586. The minimum Gasteiger partial charge on any atom is -0.392 e. The second-order valence-electron chi connectivity index (χ2n) is 7.13. The van der Waals surface area contributed by atoms with Crippen LogP contribution in [0.2, 0.25) is 0 Å². The minimum absolute atomic E-state index is 0.199. The van der Waals surface area contributed by atoms with Crippen LogP contribution in [0, 0.1) is 11.8 Å². The zero-order valence-corrected chi connectivity index (χ0v) is 13.7. The van der Waals surface area contributed by atoms with Gasteiger partial charge in [0.05, 0.1) is 6.10 Å². The van der Waals surface area contributed by atoms with Crippen molar-refractivity contribution in [3.05, 3.63) is 71.8 Å². The highest BCUT2D eigenvalue weighted by Gasteiger charge is 2.49. The number of nitrogens with zero attached hydrogens (tertiary/aromatic N) is 1. The quantitative estimate of drug-likeness (QED) is 0.899. The molecule has 1 unspecified atom stereocenters. The van der Waals surface area contributed by atoms with Gasteiger partial charge in [0.1, 0.15) is 0 Å². The SMILES string of the molecule is CN1[C@H](c2ccccc2)[C@@H]2CCC[C@H](C2O)[C@@H]1c1ccccc1. The second-order valence-corrected chi connectivity index (χ2v) is 7.13. The Balaban J connectivity index is 1.78. The van der Waals surface area contributed by atoms with E-state index in [-0.39, 0.29) is 6.10 Å². The Hall–Kier alpha value is -1.64. The standard InChI is InChI=1S/C21H25NO/c1-22-19(15-9-4-2-5-10-15)17-13-8-14-18(21(17)23)20(22)16-11-6-3-7-12-16/h2-7,9-12,17-21,23H,8,13-14H2,1H3/t17-,18-,19-,20+,21?/m0/s1. The molecule has 2 aromatic carbocycles. The van der Waals surface area contributed by atoms with Gasteiger partial charge in [0.2, 0.25) is 0 Å². The highest BCUT2D eigenvalue weighted by molar-refractivity contribution is 5.27. The zero-order valence-electron chi connectivity index (χ0n) is 13.7. The van der Waals surface area contributed by atoms with Crippen LogP contribution < -0.4 is 0 Å². The maximum absolute atomic E-state index is 11.0. The summed E-state index contributed by atoms with van der Waals surface area (Å²) in [6, 6.07) is 22.0. The normalized spacial score (nSPS) is 34.3. The number of hydrogen-bond donors (Lipinski definition) is 1. The van der Waals surface area contributed by atoms with Crippen molar-refractivity contribution < 1.29 is 5.11 Å². The van der Waals surface area contributed by atoms with Crippen molar-refractivity contribution in [1.82, 2.24) is 4.90 Å². The molecule has 0 radical (unpaired) electrons. The zero-order chi connectivity index (χ0) is 15.8. The number of hydrogen-bond acceptors (Lipinski definition) is 2. The summed E-state index contributed by atoms with van der Waals surface area (Å²) < 4.78 is 0. The van der Waals surface area contributed by atoms with E-state index in [1.165, 1.54) is 17.5 Å². The number of benzene rings is 2. The summed E-state index contributed by atoms with van der Waals surface area (Å²) in [6.45, 7) is 0. The van der Waals surface area contributed by atoms with E-state index in [2.05, 4.69) is 72.6 Å². The number of aliphatic hydroxyl groups excluding tert-OH is 1. The van der Waals surface area contributed by atoms with Crippen LogP contribution in [0.3, 0.4) is 0 Å². The third-order valence-corrected chi connectivity index (χ3v) is 5.92. The molecule has 0 spiro atoms. The van der Waals surface area contributed by atoms with Gasteiger partial charge >= 0.3 is 0 Å². The van der Waals surface area contributed by atoms with Gasteiger partial charge in [0.15, 0.2) is 0 Å². The summed E-state index contributed by atoms with van der Waals surface area (Å²) in [4.78, 5) is 2.52. The first kappa shape index (κ1) is 14.9. The van der Waals surface area contributed by atoms with Gasteiger partial charge < -0.3 is 5.11 Å². The highest BCUT2D eigenvalue weighted by atomic mass is 16.3. The Morgan fingerprint density at radius 1 is 0.783 bits per heavy atom. The molecule has 0 aromatic heterocycles. The lowest BCUT2D eigenvalue weighted by molar-refractivity contribution is -0.112. The molecule has 1 aliphatic heterocycles. The molecule has 1 aliphatic carbocycles. The molecule has 2 aliphatic rings. The Morgan fingerprint density at radius 2 is 1.22 bits per heavy atom. The van der Waals surface area contributed by atoms with Crippen molar-refractivity contribution in [3.8, 4) is 0 Å². The molecule has 23 heavy (non-hydrogen) atoms.